The van der Waals surface area contributed by atoms with E-state index in [9.17, 15) is 13.2 Å². The van der Waals surface area contributed by atoms with Gasteiger partial charge >= 0.3 is 6.18 Å². The third kappa shape index (κ3) is 7.30. The van der Waals surface area contributed by atoms with Crippen LogP contribution >= 0.6 is 12.2 Å². The van der Waals surface area contributed by atoms with Crippen molar-refractivity contribution in [2.75, 3.05) is 19.8 Å². The molecule has 0 saturated carbocycles. The highest BCUT2D eigenvalue weighted by Crippen LogP contribution is 2.19. The van der Waals surface area contributed by atoms with Crippen molar-refractivity contribution in [1.29, 1.82) is 0 Å². The second-order valence-corrected chi connectivity index (χ2v) is 4.51. The molecule has 112 valence electrons. The fourth-order valence-corrected chi connectivity index (χ4v) is 1.51. The molecule has 0 aliphatic rings. The first-order valence-electron chi connectivity index (χ1n) is 6.05. The van der Waals surface area contributed by atoms with E-state index in [0.29, 0.717) is 24.3 Å². The van der Waals surface area contributed by atoms with Crippen molar-refractivity contribution < 1.29 is 22.6 Å². The van der Waals surface area contributed by atoms with Crippen LogP contribution in [0.2, 0.25) is 0 Å². The molecule has 7 heteroatoms. The van der Waals surface area contributed by atoms with E-state index >= 15 is 0 Å². The molecule has 3 nitrogen and oxygen atoms in total. The van der Waals surface area contributed by atoms with Crippen LogP contribution in [0.3, 0.4) is 0 Å². The van der Waals surface area contributed by atoms with Crippen LogP contribution in [0.4, 0.5) is 13.2 Å². The van der Waals surface area contributed by atoms with E-state index < -0.39 is 12.6 Å². The molecule has 0 heterocycles. The highest BCUT2D eigenvalue weighted by Gasteiger charge is 2.26. The fraction of sp³-hybridized carbons (Fsp3) is 0.462. The molecular weight excluding hydrogens is 291 g/mol. The van der Waals surface area contributed by atoms with Crippen LogP contribution in [-0.4, -0.2) is 31.0 Å². The Bertz CT molecular complexity index is 438. The van der Waals surface area contributed by atoms with Crippen molar-refractivity contribution in [3.63, 3.8) is 0 Å². The summed E-state index contributed by atoms with van der Waals surface area (Å²) in [6.07, 6.45) is -4.59. The van der Waals surface area contributed by atoms with Gasteiger partial charge in [0, 0.05) is 18.6 Å². The first-order valence-corrected chi connectivity index (χ1v) is 6.46. The van der Waals surface area contributed by atoms with Crippen LogP contribution in [0.5, 0.6) is 5.75 Å². The molecule has 0 spiro atoms. The molecule has 0 radical (unpaired) electrons. The van der Waals surface area contributed by atoms with E-state index in [1.165, 1.54) is 0 Å². The molecule has 0 aliphatic carbocycles. The first kappa shape index (κ1) is 16.7. The predicted molar refractivity (Wildman–Crippen MR) is 73.9 cm³/mol. The van der Waals surface area contributed by atoms with E-state index in [1.54, 1.807) is 24.3 Å². The summed E-state index contributed by atoms with van der Waals surface area (Å²) in [5, 5.41) is 0. The van der Waals surface area contributed by atoms with Gasteiger partial charge in [-0.2, -0.15) is 13.2 Å². The molecule has 0 amide bonds. The van der Waals surface area contributed by atoms with Crippen molar-refractivity contribution in [2.45, 2.75) is 19.0 Å². The summed E-state index contributed by atoms with van der Waals surface area (Å²) in [6.45, 7) is 0.262. The molecule has 0 unspecified atom stereocenters. The molecule has 1 rings (SSSR count). The molecule has 1 aromatic rings. The monoisotopic (exact) mass is 307 g/mol. The topological polar surface area (TPSA) is 44.5 Å². The van der Waals surface area contributed by atoms with Gasteiger partial charge in [0.15, 0.2) is 0 Å². The molecule has 2 N–H and O–H groups in total. The summed E-state index contributed by atoms with van der Waals surface area (Å²) in [5.41, 5.74) is 6.20. The van der Waals surface area contributed by atoms with Crippen LogP contribution in [-0.2, 0) is 4.74 Å². The number of rotatable bonds is 8. The molecule has 0 bridgehead atoms. The van der Waals surface area contributed by atoms with Gasteiger partial charge in [0.05, 0.1) is 19.6 Å². The fourth-order valence-electron chi connectivity index (χ4n) is 1.38. The van der Waals surface area contributed by atoms with Gasteiger partial charge in [-0.05, 0) is 12.1 Å². The lowest BCUT2D eigenvalue weighted by molar-refractivity contribution is -0.145. The summed E-state index contributed by atoms with van der Waals surface area (Å²) in [7, 11) is 0. The number of ether oxygens (including phenoxy) is 2. The van der Waals surface area contributed by atoms with Crippen molar-refractivity contribution in [3.05, 3.63) is 29.8 Å². The number of hydrogen-bond acceptors (Lipinski definition) is 3. The van der Waals surface area contributed by atoms with Crippen LogP contribution in [0, 0.1) is 0 Å². The zero-order valence-electron chi connectivity index (χ0n) is 10.8. The standard InChI is InChI=1S/C13H16F3NO2S/c14-13(15,16)5-8-18-6-2-7-19-11-4-1-3-10(9-11)12(17)20/h1,3-4,9H,2,5-8H2,(H2,17,20). The van der Waals surface area contributed by atoms with E-state index in [-0.39, 0.29) is 18.2 Å². The summed E-state index contributed by atoms with van der Waals surface area (Å²) >= 11 is 4.85. The van der Waals surface area contributed by atoms with Gasteiger partial charge in [-0.25, -0.2) is 0 Å². The van der Waals surface area contributed by atoms with Crippen LogP contribution in [0.25, 0.3) is 0 Å². The predicted octanol–water partition coefficient (Wildman–Crippen LogP) is 3.06. The van der Waals surface area contributed by atoms with Crippen molar-refractivity contribution >= 4 is 17.2 Å². The third-order valence-electron chi connectivity index (χ3n) is 2.35. The van der Waals surface area contributed by atoms with Gasteiger partial charge < -0.3 is 15.2 Å². The Morgan fingerprint density at radius 1 is 1.20 bits per heavy atom. The average molecular weight is 307 g/mol. The quantitative estimate of drug-likeness (QED) is 0.592. The first-order chi connectivity index (χ1) is 9.38. The molecule has 0 saturated heterocycles. The molecular formula is C13H16F3NO2S. The number of hydrogen-bond donors (Lipinski definition) is 1. The minimum absolute atomic E-state index is 0.227. The van der Waals surface area contributed by atoms with E-state index in [0.717, 1.165) is 0 Å². The number of thiocarbonyl (C=S) groups is 1. The molecule has 0 fully saturated rings. The second kappa shape index (κ2) is 8.06. The second-order valence-electron chi connectivity index (χ2n) is 4.07. The Morgan fingerprint density at radius 2 is 1.95 bits per heavy atom. The third-order valence-corrected chi connectivity index (χ3v) is 2.59. The SMILES string of the molecule is NC(=S)c1cccc(OCCCOCCC(F)(F)F)c1. The summed E-state index contributed by atoms with van der Waals surface area (Å²) in [5.74, 6) is 0.616. The normalized spacial score (nSPS) is 11.3. The van der Waals surface area contributed by atoms with Gasteiger partial charge in [-0.1, -0.05) is 24.4 Å². The maximum atomic E-state index is 11.8. The van der Waals surface area contributed by atoms with Gasteiger partial charge in [-0.15, -0.1) is 0 Å². The van der Waals surface area contributed by atoms with E-state index in [4.69, 9.17) is 27.4 Å². The Hall–Kier alpha value is -1.34. The Labute approximate surface area is 120 Å². The lowest BCUT2D eigenvalue weighted by Gasteiger charge is -2.09. The minimum Gasteiger partial charge on any atom is -0.493 e. The number of halogens is 3. The summed E-state index contributed by atoms with van der Waals surface area (Å²) in [6, 6.07) is 7.01. The lowest BCUT2D eigenvalue weighted by Crippen LogP contribution is -2.13. The summed E-state index contributed by atoms with van der Waals surface area (Å²) < 4.78 is 45.8. The van der Waals surface area contributed by atoms with Gasteiger partial charge in [0.1, 0.15) is 10.7 Å². The minimum atomic E-state index is -4.17. The Balaban J connectivity index is 2.15. The molecule has 0 aromatic heterocycles. The van der Waals surface area contributed by atoms with Gasteiger partial charge in [-0.3, -0.25) is 0 Å². The largest absolute Gasteiger partial charge is 0.493 e. The molecule has 0 atom stereocenters. The number of nitrogens with two attached hydrogens (primary N) is 1. The Morgan fingerprint density at radius 3 is 2.60 bits per heavy atom. The van der Waals surface area contributed by atoms with Crippen LogP contribution < -0.4 is 10.5 Å². The zero-order valence-corrected chi connectivity index (χ0v) is 11.6. The molecule has 1 aromatic carbocycles. The van der Waals surface area contributed by atoms with Crippen LogP contribution in [0.15, 0.2) is 24.3 Å². The number of benzene rings is 1. The highest BCUT2D eigenvalue weighted by molar-refractivity contribution is 7.80. The highest BCUT2D eigenvalue weighted by atomic mass is 32.1. The van der Waals surface area contributed by atoms with E-state index in [1.807, 2.05) is 0 Å². The molecule has 0 aliphatic heterocycles. The maximum Gasteiger partial charge on any atom is 0.391 e. The smallest absolute Gasteiger partial charge is 0.391 e. The Kier molecular flexibility index (Phi) is 6.74. The molecule has 20 heavy (non-hydrogen) atoms. The average Bonchev–Trinajstić information content (AvgIpc) is 2.36. The number of alkyl halides is 3. The summed E-state index contributed by atoms with van der Waals surface area (Å²) in [4.78, 5) is 0.283. The zero-order chi connectivity index (χ0) is 15.0. The van der Waals surface area contributed by atoms with Crippen molar-refractivity contribution in [1.82, 2.24) is 0 Å². The lowest BCUT2D eigenvalue weighted by atomic mass is 10.2. The van der Waals surface area contributed by atoms with Crippen molar-refractivity contribution in [2.24, 2.45) is 5.73 Å². The van der Waals surface area contributed by atoms with Gasteiger partial charge in [0.2, 0.25) is 0 Å². The van der Waals surface area contributed by atoms with E-state index in [2.05, 4.69) is 0 Å². The van der Waals surface area contributed by atoms with Gasteiger partial charge in [0.25, 0.3) is 0 Å². The van der Waals surface area contributed by atoms with Crippen molar-refractivity contribution in [3.8, 4) is 5.75 Å². The maximum absolute atomic E-state index is 11.8. The van der Waals surface area contributed by atoms with Crippen LogP contribution in [0.1, 0.15) is 18.4 Å².